The summed E-state index contributed by atoms with van der Waals surface area (Å²) in [7, 11) is -3.53. The van der Waals surface area contributed by atoms with Gasteiger partial charge >= 0.3 is 6.61 Å². The Hall–Kier alpha value is -2.07. The zero-order chi connectivity index (χ0) is 21.0. The molecular weight excluding hydrogens is 402 g/mol. The van der Waals surface area contributed by atoms with Crippen LogP contribution in [0.3, 0.4) is 0 Å². The number of β-amino-alcohol motifs (C(OH)–C–C–N with tert-alkyl or cyclic N) is 1. The van der Waals surface area contributed by atoms with Crippen molar-refractivity contribution in [2.24, 2.45) is 0 Å². The lowest BCUT2D eigenvalue weighted by molar-refractivity contribution is -0.0498. The summed E-state index contributed by atoms with van der Waals surface area (Å²) in [4.78, 5) is 2.26. The Morgan fingerprint density at radius 1 is 1.00 bits per heavy atom. The molecule has 0 aliphatic carbocycles. The van der Waals surface area contributed by atoms with Crippen molar-refractivity contribution in [1.29, 1.82) is 0 Å². The molecule has 0 amide bonds. The molecule has 1 heterocycles. The number of aliphatic hydroxyl groups is 1. The Labute approximate surface area is 169 Å². The summed E-state index contributed by atoms with van der Waals surface area (Å²) in [5.41, 5.74) is 1.58. The second-order valence-corrected chi connectivity index (χ2v) is 8.92. The average Bonchev–Trinajstić information content (AvgIpc) is 2.69. The number of rotatable bonds is 7. The number of halogens is 2. The molecule has 1 saturated heterocycles. The summed E-state index contributed by atoms with van der Waals surface area (Å²) in [5.74, 6) is 0.0332. The van der Waals surface area contributed by atoms with Crippen LogP contribution in [-0.2, 0) is 10.0 Å². The molecule has 0 bridgehead atoms. The fourth-order valence-electron chi connectivity index (χ4n) is 3.23. The maximum Gasteiger partial charge on any atom is 0.387 e. The third-order valence-corrected chi connectivity index (χ3v) is 6.82. The molecule has 6 nitrogen and oxygen atoms in total. The van der Waals surface area contributed by atoms with Crippen molar-refractivity contribution in [2.75, 3.05) is 32.7 Å². The summed E-state index contributed by atoms with van der Waals surface area (Å²) in [5, 5.41) is 10.4. The highest BCUT2D eigenvalue weighted by Gasteiger charge is 2.29. The first-order chi connectivity index (χ1) is 13.8. The van der Waals surface area contributed by atoms with Gasteiger partial charge in [0.1, 0.15) is 5.75 Å². The van der Waals surface area contributed by atoms with Gasteiger partial charge in [-0.3, -0.25) is 4.90 Å². The Morgan fingerprint density at radius 2 is 1.59 bits per heavy atom. The summed E-state index contributed by atoms with van der Waals surface area (Å²) in [6.45, 7) is 1.00. The largest absolute Gasteiger partial charge is 0.435 e. The van der Waals surface area contributed by atoms with E-state index in [1.54, 1.807) is 36.4 Å². The van der Waals surface area contributed by atoms with Gasteiger partial charge in [0.25, 0.3) is 0 Å². The van der Waals surface area contributed by atoms with E-state index in [-0.39, 0.29) is 10.6 Å². The first kappa shape index (κ1) is 21.6. The van der Waals surface area contributed by atoms with Crippen molar-refractivity contribution in [3.8, 4) is 5.75 Å². The van der Waals surface area contributed by atoms with Crippen molar-refractivity contribution in [3.05, 3.63) is 59.7 Å². The summed E-state index contributed by atoms with van der Waals surface area (Å²) in [6.07, 6.45) is -0.809. The second-order valence-electron chi connectivity index (χ2n) is 6.98. The van der Waals surface area contributed by atoms with E-state index in [0.29, 0.717) is 38.3 Å². The number of ether oxygens (including phenoxy) is 1. The first-order valence-corrected chi connectivity index (χ1v) is 10.7. The van der Waals surface area contributed by atoms with Crippen LogP contribution in [-0.4, -0.2) is 62.1 Å². The van der Waals surface area contributed by atoms with Crippen LogP contribution >= 0.6 is 0 Å². The van der Waals surface area contributed by atoms with Crippen LogP contribution in [0.25, 0.3) is 0 Å². The van der Waals surface area contributed by atoms with Crippen LogP contribution in [0, 0.1) is 6.92 Å². The Balaban J connectivity index is 1.54. The summed E-state index contributed by atoms with van der Waals surface area (Å²) in [6, 6.07) is 12.6. The first-order valence-electron chi connectivity index (χ1n) is 9.28. The van der Waals surface area contributed by atoms with Crippen LogP contribution in [0.1, 0.15) is 17.2 Å². The number of hydrogen-bond acceptors (Lipinski definition) is 5. The van der Waals surface area contributed by atoms with E-state index >= 15 is 0 Å². The number of aryl methyl sites for hydroxylation is 1. The van der Waals surface area contributed by atoms with Gasteiger partial charge < -0.3 is 9.84 Å². The molecule has 2 aromatic rings. The monoisotopic (exact) mass is 426 g/mol. The van der Waals surface area contributed by atoms with Gasteiger partial charge in [-0.05, 0) is 36.8 Å². The van der Waals surface area contributed by atoms with Gasteiger partial charge in [0, 0.05) is 32.7 Å². The van der Waals surface area contributed by atoms with Crippen molar-refractivity contribution in [1.82, 2.24) is 9.21 Å². The molecular formula is C20H24F2N2O4S. The minimum atomic E-state index is -3.53. The van der Waals surface area contributed by atoms with E-state index in [9.17, 15) is 22.3 Å². The molecule has 1 fully saturated rings. The SMILES string of the molecule is Cc1ccc(S(=O)(=O)N2CCN(CC(O)c3ccc(OC(F)F)cc3)CC2)cc1. The fourth-order valence-corrected chi connectivity index (χ4v) is 4.66. The normalized spacial score (nSPS) is 17.4. The predicted molar refractivity (Wildman–Crippen MR) is 104 cm³/mol. The Bertz CT molecular complexity index is 897. The van der Waals surface area contributed by atoms with Gasteiger partial charge in [0.15, 0.2) is 0 Å². The average molecular weight is 426 g/mol. The van der Waals surface area contributed by atoms with E-state index < -0.39 is 22.7 Å². The number of hydrogen-bond donors (Lipinski definition) is 1. The molecule has 2 aromatic carbocycles. The van der Waals surface area contributed by atoms with Gasteiger partial charge in [0.2, 0.25) is 10.0 Å². The Kier molecular flexibility index (Phi) is 6.84. The molecule has 3 rings (SSSR count). The molecule has 0 saturated carbocycles. The molecule has 1 aliphatic rings. The molecule has 1 aliphatic heterocycles. The topological polar surface area (TPSA) is 70.1 Å². The van der Waals surface area contributed by atoms with Crippen LogP contribution in [0.4, 0.5) is 8.78 Å². The van der Waals surface area contributed by atoms with Gasteiger partial charge in [-0.25, -0.2) is 8.42 Å². The smallest absolute Gasteiger partial charge is 0.387 e. The lowest BCUT2D eigenvalue weighted by Crippen LogP contribution is -2.49. The molecule has 0 radical (unpaired) electrons. The van der Waals surface area contributed by atoms with E-state index in [2.05, 4.69) is 4.74 Å². The summed E-state index contributed by atoms with van der Waals surface area (Å²) >= 11 is 0. The van der Waals surface area contributed by atoms with Crippen molar-refractivity contribution in [2.45, 2.75) is 24.5 Å². The molecule has 158 valence electrons. The minimum Gasteiger partial charge on any atom is -0.435 e. The van der Waals surface area contributed by atoms with Gasteiger partial charge in [-0.1, -0.05) is 29.8 Å². The quantitative estimate of drug-likeness (QED) is 0.737. The van der Waals surface area contributed by atoms with Crippen LogP contribution < -0.4 is 4.74 Å². The molecule has 1 N–H and O–H groups in total. The second kappa shape index (κ2) is 9.17. The van der Waals surface area contributed by atoms with E-state index in [0.717, 1.165) is 5.56 Å². The number of aliphatic hydroxyl groups excluding tert-OH is 1. The van der Waals surface area contributed by atoms with Crippen LogP contribution in [0.5, 0.6) is 5.75 Å². The molecule has 1 atom stereocenters. The predicted octanol–water partition coefficient (Wildman–Crippen LogP) is 2.64. The van der Waals surface area contributed by atoms with Crippen molar-refractivity contribution >= 4 is 10.0 Å². The maximum atomic E-state index is 12.7. The van der Waals surface area contributed by atoms with Gasteiger partial charge in [0.05, 0.1) is 11.0 Å². The third kappa shape index (κ3) is 5.51. The third-order valence-electron chi connectivity index (χ3n) is 4.91. The van der Waals surface area contributed by atoms with Gasteiger partial charge in [-0.2, -0.15) is 13.1 Å². The molecule has 29 heavy (non-hydrogen) atoms. The zero-order valence-electron chi connectivity index (χ0n) is 16.0. The molecule has 0 aromatic heterocycles. The Morgan fingerprint density at radius 3 is 2.14 bits per heavy atom. The number of piperazine rings is 1. The van der Waals surface area contributed by atoms with Crippen molar-refractivity contribution in [3.63, 3.8) is 0 Å². The molecule has 9 heteroatoms. The fraction of sp³-hybridized carbons (Fsp3) is 0.400. The highest BCUT2D eigenvalue weighted by Crippen LogP contribution is 2.22. The van der Waals surface area contributed by atoms with Crippen LogP contribution in [0.2, 0.25) is 0 Å². The standard InChI is InChI=1S/C20H24F2N2O4S/c1-15-2-8-18(9-3-15)29(26,27)24-12-10-23(11-13-24)14-19(25)16-4-6-17(7-5-16)28-20(21)22/h2-9,19-20,25H,10-14H2,1H3. The summed E-state index contributed by atoms with van der Waals surface area (Å²) < 4.78 is 55.7. The molecule has 0 spiro atoms. The van der Waals surface area contributed by atoms with Crippen LogP contribution in [0.15, 0.2) is 53.4 Å². The lowest BCUT2D eigenvalue weighted by Gasteiger charge is -2.35. The minimum absolute atomic E-state index is 0.0332. The highest BCUT2D eigenvalue weighted by atomic mass is 32.2. The molecule has 1 unspecified atom stereocenters. The maximum absolute atomic E-state index is 12.7. The highest BCUT2D eigenvalue weighted by molar-refractivity contribution is 7.89. The zero-order valence-corrected chi connectivity index (χ0v) is 16.9. The lowest BCUT2D eigenvalue weighted by atomic mass is 10.1. The van der Waals surface area contributed by atoms with Crippen molar-refractivity contribution < 1.29 is 27.0 Å². The van der Waals surface area contributed by atoms with E-state index in [1.165, 1.54) is 16.4 Å². The van der Waals surface area contributed by atoms with E-state index in [1.807, 2.05) is 11.8 Å². The van der Waals surface area contributed by atoms with Gasteiger partial charge in [-0.15, -0.1) is 0 Å². The number of alkyl halides is 2. The number of nitrogens with zero attached hydrogens (tertiary/aromatic N) is 2. The number of sulfonamides is 1. The number of benzene rings is 2. The van der Waals surface area contributed by atoms with E-state index in [4.69, 9.17) is 0 Å².